The Morgan fingerprint density at radius 2 is 1.78 bits per heavy atom. The Hall–Kier alpha value is -4.05. The van der Waals surface area contributed by atoms with Crippen LogP contribution in [0.4, 0.5) is 0 Å². The number of aliphatic carboxylic acids is 1. The van der Waals surface area contributed by atoms with Gasteiger partial charge in [-0.3, -0.25) is 4.79 Å². The van der Waals surface area contributed by atoms with Crippen molar-refractivity contribution in [2.75, 3.05) is 20.3 Å². The largest absolute Gasteiger partial charge is 0.493 e. The summed E-state index contributed by atoms with van der Waals surface area (Å²) >= 11 is 3.35. The molecule has 3 aromatic carbocycles. The van der Waals surface area contributed by atoms with Crippen molar-refractivity contribution >= 4 is 34.0 Å². The Bertz CT molecular complexity index is 1230. The summed E-state index contributed by atoms with van der Waals surface area (Å²) in [5, 5.41) is 12.9. The second kappa shape index (κ2) is 13.1. The molecule has 36 heavy (non-hydrogen) atoms. The van der Waals surface area contributed by atoms with Crippen molar-refractivity contribution in [2.24, 2.45) is 5.10 Å². The Morgan fingerprint density at radius 3 is 2.47 bits per heavy atom. The predicted molar refractivity (Wildman–Crippen MR) is 137 cm³/mol. The van der Waals surface area contributed by atoms with Crippen molar-refractivity contribution in [3.8, 4) is 23.0 Å². The first kappa shape index (κ1) is 26.6. The normalized spacial score (nSPS) is 10.6. The maximum absolute atomic E-state index is 12.6. The van der Waals surface area contributed by atoms with E-state index in [1.165, 1.54) is 13.3 Å². The van der Waals surface area contributed by atoms with Gasteiger partial charge < -0.3 is 24.1 Å². The Morgan fingerprint density at radius 1 is 1.00 bits per heavy atom. The van der Waals surface area contributed by atoms with E-state index in [1.54, 1.807) is 37.3 Å². The SMILES string of the molecule is CCOc1cc(/C=N/NC(=O)c2ccc(OCc3ccccc3)c(OC)c2)cc(Br)c1OCC(=O)O. The van der Waals surface area contributed by atoms with Gasteiger partial charge in [0.15, 0.2) is 29.6 Å². The molecule has 0 spiro atoms. The topological polar surface area (TPSA) is 116 Å². The summed E-state index contributed by atoms with van der Waals surface area (Å²) in [6.45, 7) is 2.00. The highest BCUT2D eigenvalue weighted by atomic mass is 79.9. The molecule has 0 heterocycles. The van der Waals surface area contributed by atoms with Gasteiger partial charge in [0, 0.05) is 5.56 Å². The lowest BCUT2D eigenvalue weighted by atomic mass is 10.2. The molecule has 3 aromatic rings. The zero-order valence-corrected chi connectivity index (χ0v) is 21.3. The first-order valence-electron chi connectivity index (χ1n) is 10.9. The molecule has 0 unspecified atom stereocenters. The summed E-state index contributed by atoms with van der Waals surface area (Å²) in [6.07, 6.45) is 1.43. The third-order valence-corrected chi connectivity index (χ3v) is 5.30. The maximum atomic E-state index is 12.6. The van der Waals surface area contributed by atoms with Crippen LogP contribution in [0.3, 0.4) is 0 Å². The van der Waals surface area contributed by atoms with E-state index in [0.29, 0.717) is 46.1 Å². The van der Waals surface area contributed by atoms with Crippen LogP contribution in [0.1, 0.15) is 28.4 Å². The van der Waals surface area contributed by atoms with Crippen LogP contribution in [0.15, 0.2) is 70.2 Å². The Labute approximate surface area is 216 Å². The fraction of sp³-hybridized carbons (Fsp3) is 0.192. The van der Waals surface area contributed by atoms with E-state index >= 15 is 0 Å². The number of carbonyl (C=O) groups is 2. The first-order valence-corrected chi connectivity index (χ1v) is 11.7. The molecule has 3 rings (SSSR count). The number of methoxy groups -OCH3 is 1. The number of rotatable bonds is 12. The highest BCUT2D eigenvalue weighted by Crippen LogP contribution is 2.36. The Kier molecular flexibility index (Phi) is 9.70. The van der Waals surface area contributed by atoms with Gasteiger partial charge in [0.25, 0.3) is 5.91 Å². The number of benzene rings is 3. The van der Waals surface area contributed by atoms with Crippen LogP contribution in [0, 0.1) is 0 Å². The fourth-order valence-corrected chi connectivity index (χ4v) is 3.67. The lowest BCUT2D eigenvalue weighted by Gasteiger charge is -2.13. The number of carbonyl (C=O) groups excluding carboxylic acids is 1. The molecule has 0 bridgehead atoms. The molecule has 188 valence electrons. The van der Waals surface area contributed by atoms with E-state index in [9.17, 15) is 9.59 Å². The number of hydrogen-bond acceptors (Lipinski definition) is 7. The highest BCUT2D eigenvalue weighted by Gasteiger charge is 2.14. The molecule has 10 heteroatoms. The number of nitrogens with one attached hydrogen (secondary N) is 1. The van der Waals surface area contributed by atoms with E-state index in [-0.39, 0.29) is 5.75 Å². The predicted octanol–water partition coefficient (Wildman–Crippen LogP) is 4.66. The lowest BCUT2D eigenvalue weighted by Crippen LogP contribution is -2.17. The van der Waals surface area contributed by atoms with Gasteiger partial charge in [0.1, 0.15) is 6.61 Å². The lowest BCUT2D eigenvalue weighted by molar-refractivity contribution is -0.139. The molecule has 2 N–H and O–H groups in total. The van der Waals surface area contributed by atoms with Crippen molar-refractivity contribution < 1.29 is 33.6 Å². The van der Waals surface area contributed by atoms with Crippen molar-refractivity contribution in [2.45, 2.75) is 13.5 Å². The van der Waals surface area contributed by atoms with Crippen LogP contribution in [0.25, 0.3) is 0 Å². The van der Waals surface area contributed by atoms with Crippen molar-refractivity contribution in [1.82, 2.24) is 5.43 Å². The van der Waals surface area contributed by atoms with Crippen molar-refractivity contribution in [3.05, 3.63) is 81.8 Å². The number of carboxylic acids is 1. The molecule has 0 saturated heterocycles. The van der Waals surface area contributed by atoms with Crippen LogP contribution < -0.4 is 24.4 Å². The van der Waals surface area contributed by atoms with Gasteiger partial charge in [-0.05, 0) is 64.3 Å². The third-order valence-electron chi connectivity index (χ3n) is 4.71. The average Bonchev–Trinajstić information content (AvgIpc) is 2.87. The minimum atomic E-state index is -1.11. The van der Waals surface area contributed by atoms with Crippen LogP contribution in [0.2, 0.25) is 0 Å². The number of amides is 1. The standard InChI is InChI=1S/C26H25BrN2O7/c1-3-34-23-12-18(11-20(27)25(23)36-16-24(30)31)14-28-29-26(32)19-9-10-21(22(13-19)33-2)35-15-17-7-5-4-6-8-17/h4-14H,3,15-16H2,1-2H3,(H,29,32)(H,30,31)/b28-14+. The zero-order valence-electron chi connectivity index (χ0n) is 19.7. The van der Waals surface area contributed by atoms with Crippen molar-refractivity contribution in [3.63, 3.8) is 0 Å². The van der Waals surface area contributed by atoms with E-state index < -0.39 is 18.5 Å². The number of carboxylic acid groups (broad SMARTS) is 1. The molecule has 0 aliphatic carbocycles. The number of halogens is 1. The quantitative estimate of drug-likeness (QED) is 0.246. The molecule has 0 aromatic heterocycles. The monoisotopic (exact) mass is 556 g/mol. The van der Waals surface area contributed by atoms with Gasteiger partial charge >= 0.3 is 5.97 Å². The van der Waals surface area contributed by atoms with Crippen LogP contribution >= 0.6 is 15.9 Å². The zero-order chi connectivity index (χ0) is 25.9. The second-order valence-electron chi connectivity index (χ2n) is 7.28. The number of ether oxygens (including phenoxy) is 4. The minimum absolute atomic E-state index is 0.266. The van der Waals surface area contributed by atoms with Crippen LogP contribution in [-0.4, -0.2) is 43.5 Å². The maximum Gasteiger partial charge on any atom is 0.341 e. The highest BCUT2D eigenvalue weighted by molar-refractivity contribution is 9.10. The molecule has 0 atom stereocenters. The molecule has 0 radical (unpaired) electrons. The van der Waals surface area contributed by atoms with E-state index in [4.69, 9.17) is 24.1 Å². The Balaban J connectivity index is 1.67. The molecule has 1 amide bonds. The van der Waals surface area contributed by atoms with Gasteiger partial charge in [-0.15, -0.1) is 0 Å². The third kappa shape index (κ3) is 7.47. The summed E-state index contributed by atoms with van der Waals surface area (Å²) in [5.74, 6) is -0.00154. The van der Waals surface area contributed by atoms with Crippen LogP contribution in [0.5, 0.6) is 23.0 Å². The summed E-state index contributed by atoms with van der Waals surface area (Å²) in [5.41, 5.74) is 4.41. The summed E-state index contributed by atoms with van der Waals surface area (Å²) in [6, 6.07) is 17.9. The fourth-order valence-electron chi connectivity index (χ4n) is 3.09. The average molecular weight is 557 g/mol. The number of hydrazone groups is 1. The molecule has 9 nitrogen and oxygen atoms in total. The number of hydrogen-bond donors (Lipinski definition) is 2. The molecular weight excluding hydrogens is 532 g/mol. The summed E-state index contributed by atoms with van der Waals surface area (Å²) in [7, 11) is 1.50. The van der Waals surface area contributed by atoms with E-state index in [2.05, 4.69) is 26.5 Å². The number of nitrogens with zero attached hydrogens (tertiary/aromatic N) is 1. The molecule has 0 aliphatic rings. The molecule has 0 fully saturated rings. The molecule has 0 aliphatic heterocycles. The molecular formula is C26H25BrN2O7. The van der Waals surface area contributed by atoms with Gasteiger partial charge in [-0.25, -0.2) is 10.2 Å². The summed E-state index contributed by atoms with van der Waals surface area (Å²) < 4.78 is 22.5. The van der Waals surface area contributed by atoms with Gasteiger partial charge in [0.05, 0.1) is 24.4 Å². The minimum Gasteiger partial charge on any atom is -0.493 e. The smallest absolute Gasteiger partial charge is 0.341 e. The molecule has 0 saturated carbocycles. The van der Waals surface area contributed by atoms with Crippen molar-refractivity contribution in [1.29, 1.82) is 0 Å². The second-order valence-corrected chi connectivity index (χ2v) is 8.14. The van der Waals surface area contributed by atoms with Gasteiger partial charge in [-0.2, -0.15) is 5.10 Å². The van der Waals surface area contributed by atoms with Gasteiger partial charge in [-0.1, -0.05) is 30.3 Å². The van der Waals surface area contributed by atoms with Crippen LogP contribution in [-0.2, 0) is 11.4 Å². The van der Waals surface area contributed by atoms with E-state index in [1.807, 2.05) is 30.3 Å². The van der Waals surface area contributed by atoms with Gasteiger partial charge in [0.2, 0.25) is 0 Å². The summed E-state index contributed by atoms with van der Waals surface area (Å²) in [4.78, 5) is 23.4. The van der Waals surface area contributed by atoms with E-state index in [0.717, 1.165) is 5.56 Å². The first-order chi connectivity index (χ1) is 17.4.